The Labute approximate surface area is 95.0 Å². The molecule has 0 aromatic carbocycles. The molecule has 0 aliphatic carbocycles. The monoisotopic (exact) mass is 258 g/mol. The number of nitrogens with one attached hydrogen (secondary N) is 2. The van der Waals surface area contributed by atoms with Gasteiger partial charge < -0.3 is 10.6 Å². The molecule has 1 unspecified atom stereocenters. The van der Waals surface area contributed by atoms with E-state index in [2.05, 4.69) is 52.6 Å². The highest BCUT2D eigenvalue weighted by Crippen LogP contribution is 2.21. The molecule has 2 nitrogen and oxygen atoms in total. The van der Waals surface area contributed by atoms with Crippen LogP contribution in [0.15, 0.2) is 22.2 Å². The van der Waals surface area contributed by atoms with Crippen LogP contribution in [0.3, 0.4) is 0 Å². The van der Waals surface area contributed by atoms with Crippen LogP contribution in [0.1, 0.15) is 20.3 Å². The first-order valence-electron chi connectivity index (χ1n) is 5.26. The summed E-state index contributed by atoms with van der Waals surface area (Å²) in [6, 6.07) is 0.453. The Bertz CT molecular complexity index is 227. The van der Waals surface area contributed by atoms with Gasteiger partial charge in [-0.05, 0) is 18.9 Å². The van der Waals surface area contributed by atoms with E-state index in [-0.39, 0.29) is 0 Å². The third-order valence-electron chi connectivity index (χ3n) is 2.37. The van der Waals surface area contributed by atoms with Gasteiger partial charge in [-0.25, -0.2) is 0 Å². The topological polar surface area (TPSA) is 24.1 Å². The van der Waals surface area contributed by atoms with Crippen LogP contribution in [0.4, 0.5) is 0 Å². The second-order valence-corrected chi connectivity index (χ2v) is 4.27. The first-order chi connectivity index (χ1) is 6.79. The van der Waals surface area contributed by atoms with Gasteiger partial charge in [0.1, 0.15) is 0 Å². The molecule has 2 N–H and O–H groups in total. The fourth-order valence-electron chi connectivity index (χ4n) is 1.67. The van der Waals surface area contributed by atoms with Gasteiger partial charge in [0.15, 0.2) is 0 Å². The van der Waals surface area contributed by atoms with Crippen molar-refractivity contribution < 1.29 is 0 Å². The Balaban J connectivity index is 2.71. The lowest BCUT2D eigenvalue weighted by atomic mass is 10.0. The predicted octanol–water partition coefficient (Wildman–Crippen LogP) is 2.18. The first-order valence-corrected chi connectivity index (χ1v) is 6.05. The third-order valence-corrected chi connectivity index (χ3v) is 3.29. The summed E-state index contributed by atoms with van der Waals surface area (Å²) in [5.41, 5.74) is 1.38. The maximum absolute atomic E-state index is 3.60. The van der Waals surface area contributed by atoms with Crippen molar-refractivity contribution >= 4 is 15.9 Å². The minimum Gasteiger partial charge on any atom is -0.314 e. The molecule has 1 aliphatic heterocycles. The smallest absolute Gasteiger partial charge is 0.0455 e. The highest BCUT2D eigenvalue weighted by Gasteiger charge is 2.17. The molecule has 0 amide bonds. The molecule has 1 saturated heterocycles. The van der Waals surface area contributed by atoms with Crippen LogP contribution in [-0.4, -0.2) is 25.7 Å². The molecule has 1 heterocycles. The fourth-order valence-corrected chi connectivity index (χ4v) is 2.10. The van der Waals surface area contributed by atoms with E-state index in [1.165, 1.54) is 10.1 Å². The molecule has 0 saturated carbocycles. The summed E-state index contributed by atoms with van der Waals surface area (Å²) in [7, 11) is 0. The lowest BCUT2D eigenvalue weighted by Crippen LogP contribution is -2.49. The lowest BCUT2D eigenvalue weighted by molar-refractivity contribution is 0.460. The van der Waals surface area contributed by atoms with E-state index in [9.17, 15) is 0 Å². The van der Waals surface area contributed by atoms with Crippen molar-refractivity contribution in [3.8, 4) is 0 Å². The summed E-state index contributed by atoms with van der Waals surface area (Å²) in [6.07, 6.45) is 5.48. The van der Waals surface area contributed by atoms with Gasteiger partial charge in [-0.1, -0.05) is 35.0 Å². The van der Waals surface area contributed by atoms with Gasteiger partial charge in [-0.3, -0.25) is 0 Å². The minimum atomic E-state index is 0.453. The Kier molecular flexibility index (Phi) is 5.45. The molecule has 3 heteroatoms. The molecule has 1 aliphatic rings. The Morgan fingerprint density at radius 2 is 2.29 bits per heavy atom. The summed E-state index contributed by atoms with van der Waals surface area (Å²) in [5.74, 6) is 0. The van der Waals surface area contributed by atoms with Crippen LogP contribution in [-0.2, 0) is 0 Å². The van der Waals surface area contributed by atoms with E-state index in [0.29, 0.717) is 6.04 Å². The molecular formula is C11H19BrN2. The van der Waals surface area contributed by atoms with Crippen molar-refractivity contribution in [3.63, 3.8) is 0 Å². The fraction of sp³-hybridized carbons (Fsp3) is 0.636. The normalized spacial score (nSPS) is 25.2. The Morgan fingerprint density at radius 1 is 1.50 bits per heavy atom. The van der Waals surface area contributed by atoms with E-state index in [1.54, 1.807) is 0 Å². The zero-order chi connectivity index (χ0) is 10.4. The molecular weight excluding hydrogens is 240 g/mol. The molecule has 1 rings (SSSR count). The average Bonchev–Trinajstić information content (AvgIpc) is 2.26. The molecule has 0 aromatic rings. The van der Waals surface area contributed by atoms with E-state index in [1.807, 2.05) is 0 Å². The zero-order valence-corrected chi connectivity index (χ0v) is 10.5. The van der Waals surface area contributed by atoms with Crippen molar-refractivity contribution in [1.82, 2.24) is 10.6 Å². The van der Waals surface area contributed by atoms with Crippen LogP contribution in [0.25, 0.3) is 0 Å². The quantitative estimate of drug-likeness (QED) is 0.759. The van der Waals surface area contributed by atoms with Gasteiger partial charge in [-0.15, -0.1) is 0 Å². The van der Waals surface area contributed by atoms with E-state index in [4.69, 9.17) is 0 Å². The van der Waals surface area contributed by atoms with E-state index in [0.717, 1.165) is 26.1 Å². The zero-order valence-electron chi connectivity index (χ0n) is 8.94. The van der Waals surface area contributed by atoms with Crippen molar-refractivity contribution in [1.29, 1.82) is 0 Å². The van der Waals surface area contributed by atoms with Crippen molar-refractivity contribution in [2.45, 2.75) is 26.3 Å². The van der Waals surface area contributed by atoms with Crippen molar-refractivity contribution in [2.24, 2.45) is 0 Å². The predicted molar refractivity (Wildman–Crippen MR) is 65.7 cm³/mol. The number of hydrogen-bond acceptors (Lipinski definition) is 2. The van der Waals surface area contributed by atoms with E-state index < -0.39 is 0 Å². The number of piperazine rings is 1. The van der Waals surface area contributed by atoms with Crippen molar-refractivity contribution in [2.75, 3.05) is 19.6 Å². The Morgan fingerprint density at radius 3 is 2.79 bits per heavy atom. The van der Waals surface area contributed by atoms with Crippen LogP contribution in [0.5, 0.6) is 0 Å². The van der Waals surface area contributed by atoms with Gasteiger partial charge in [-0.2, -0.15) is 0 Å². The maximum atomic E-state index is 3.60. The SMILES string of the molecule is C/C=C(Br)\C(=C/CC)C1CNCCN1. The van der Waals surface area contributed by atoms with Gasteiger partial charge in [0.2, 0.25) is 0 Å². The Hall–Kier alpha value is -0.120. The highest BCUT2D eigenvalue weighted by molar-refractivity contribution is 9.12. The first kappa shape index (κ1) is 12.0. The second kappa shape index (κ2) is 6.38. The molecule has 0 bridgehead atoms. The minimum absolute atomic E-state index is 0.453. The van der Waals surface area contributed by atoms with Crippen molar-refractivity contribution in [3.05, 3.63) is 22.2 Å². The summed E-state index contributed by atoms with van der Waals surface area (Å²) < 4.78 is 1.21. The lowest BCUT2D eigenvalue weighted by Gasteiger charge is -2.27. The maximum Gasteiger partial charge on any atom is 0.0455 e. The number of halogens is 1. The summed E-state index contributed by atoms with van der Waals surface area (Å²) in [6.45, 7) is 7.38. The number of hydrogen-bond donors (Lipinski definition) is 2. The third kappa shape index (κ3) is 3.23. The summed E-state index contributed by atoms with van der Waals surface area (Å²) in [5, 5.41) is 6.92. The summed E-state index contributed by atoms with van der Waals surface area (Å²) in [4.78, 5) is 0. The molecule has 0 aromatic heterocycles. The van der Waals surface area contributed by atoms with Crippen LogP contribution in [0.2, 0.25) is 0 Å². The van der Waals surface area contributed by atoms with Gasteiger partial charge in [0, 0.05) is 30.2 Å². The van der Waals surface area contributed by atoms with Gasteiger partial charge in [0.05, 0.1) is 0 Å². The number of allylic oxidation sites excluding steroid dienone is 2. The molecule has 1 fully saturated rings. The van der Waals surface area contributed by atoms with E-state index >= 15 is 0 Å². The molecule has 1 atom stereocenters. The van der Waals surface area contributed by atoms with Gasteiger partial charge in [0.25, 0.3) is 0 Å². The molecule has 14 heavy (non-hydrogen) atoms. The second-order valence-electron chi connectivity index (χ2n) is 3.42. The largest absolute Gasteiger partial charge is 0.314 e. The van der Waals surface area contributed by atoms with Gasteiger partial charge >= 0.3 is 0 Å². The van der Waals surface area contributed by atoms with Crippen LogP contribution in [0, 0.1) is 0 Å². The highest BCUT2D eigenvalue weighted by atomic mass is 79.9. The van der Waals surface area contributed by atoms with Crippen LogP contribution >= 0.6 is 15.9 Å². The summed E-state index contributed by atoms with van der Waals surface area (Å²) >= 11 is 3.60. The van der Waals surface area contributed by atoms with Crippen LogP contribution < -0.4 is 10.6 Å². The molecule has 0 spiro atoms. The average molecular weight is 259 g/mol. The molecule has 0 radical (unpaired) electrons. The standard InChI is InChI=1S/C11H19BrN2/c1-3-5-9(10(12)4-2)11-8-13-6-7-14-11/h4-5,11,13-14H,3,6-8H2,1-2H3/b9-5+,10-4+. The number of rotatable bonds is 3. The molecule has 80 valence electrons.